The van der Waals surface area contributed by atoms with Crippen LogP contribution in [0.4, 0.5) is 17.1 Å². The van der Waals surface area contributed by atoms with Crippen LogP contribution >= 0.6 is 0 Å². The number of anilines is 3. The van der Waals surface area contributed by atoms with Crippen LogP contribution in [0.15, 0.2) is 146 Å². The normalized spacial score (nSPS) is 14.0. The van der Waals surface area contributed by atoms with Gasteiger partial charge in [0, 0.05) is 27.3 Å². The van der Waals surface area contributed by atoms with Gasteiger partial charge in [-0.15, -0.1) is 0 Å². The Kier molecular flexibility index (Phi) is 5.15. The molecule has 0 unspecified atom stereocenters. The molecule has 7 aromatic carbocycles. The molecule has 0 saturated carbocycles. The van der Waals surface area contributed by atoms with Crippen molar-refractivity contribution >= 4 is 38.9 Å². The Bertz CT molecular complexity index is 2690. The first-order valence-electron chi connectivity index (χ1n) is 16.9. The van der Waals surface area contributed by atoms with Gasteiger partial charge in [0.15, 0.2) is 23.0 Å². The SMILES string of the molecule is CC1(C)c2ccccc2-c2c(N(c3ccccc3-c3ccccc3)c3ccc4c5c3c3cccc6c3n5-c3c(cccc3O4)O6)cccc21. The fourth-order valence-electron chi connectivity index (χ4n) is 8.66. The summed E-state index contributed by atoms with van der Waals surface area (Å²) in [6, 6.07) is 52.1. The lowest BCUT2D eigenvalue weighted by Crippen LogP contribution is -2.16. The largest absolute Gasteiger partial charge is 0.453 e. The van der Waals surface area contributed by atoms with E-state index in [9.17, 15) is 0 Å². The smallest absolute Gasteiger partial charge is 0.155 e. The lowest BCUT2D eigenvalue weighted by atomic mass is 9.82. The molecule has 232 valence electrons. The van der Waals surface area contributed by atoms with Crippen molar-refractivity contribution < 1.29 is 9.47 Å². The first kappa shape index (κ1) is 26.8. The van der Waals surface area contributed by atoms with Crippen molar-refractivity contribution in [3.8, 4) is 50.9 Å². The van der Waals surface area contributed by atoms with Gasteiger partial charge < -0.3 is 14.4 Å². The lowest BCUT2D eigenvalue weighted by molar-refractivity contribution is 0.444. The predicted molar refractivity (Wildman–Crippen MR) is 199 cm³/mol. The van der Waals surface area contributed by atoms with Gasteiger partial charge in [0.25, 0.3) is 0 Å². The molecule has 0 saturated heterocycles. The van der Waals surface area contributed by atoms with Gasteiger partial charge in [-0.05, 0) is 64.7 Å². The zero-order chi connectivity index (χ0) is 32.4. The standard InChI is InChI=1S/C45H30N2O2/c1-45(2)31-18-8-6-16-29(31)40-32(45)19-11-21-34(40)46(33-20-9-7-15-28(33)27-13-4-3-5-14-27)35-25-26-39-44-41(35)30-17-10-22-36-42(30)47(44)43-37(48-36)23-12-24-38(43)49-39/h3-26H,1-2H3. The Morgan fingerprint density at radius 3 is 1.96 bits per heavy atom. The quantitative estimate of drug-likeness (QED) is 0.194. The van der Waals surface area contributed by atoms with E-state index >= 15 is 0 Å². The lowest BCUT2D eigenvalue weighted by Gasteiger charge is -2.32. The third-order valence-corrected chi connectivity index (χ3v) is 10.8. The Labute approximate surface area is 284 Å². The third-order valence-electron chi connectivity index (χ3n) is 10.8. The second kappa shape index (κ2) is 9.42. The minimum atomic E-state index is -0.137. The van der Waals surface area contributed by atoms with Crippen molar-refractivity contribution in [3.05, 3.63) is 157 Å². The highest BCUT2D eigenvalue weighted by Crippen LogP contribution is 2.59. The Hall–Kier alpha value is -6.26. The molecule has 0 radical (unpaired) electrons. The van der Waals surface area contributed by atoms with Gasteiger partial charge in [0.05, 0.1) is 28.1 Å². The van der Waals surface area contributed by atoms with Crippen LogP contribution in [-0.4, -0.2) is 4.57 Å². The summed E-state index contributed by atoms with van der Waals surface area (Å²) in [7, 11) is 0. The number of hydrogen-bond donors (Lipinski definition) is 0. The predicted octanol–water partition coefficient (Wildman–Crippen LogP) is 12.4. The second-order valence-corrected chi connectivity index (χ2v) is 13.7. The van der Waals surface area contributed by atoms with E-state index in [4.69, 9.17) is 9.47 Å². The highest BCUT2D eigenvalue weighted by atomic mass is 16.5. The number of aromatic nitrogens is 1. The van der Waals surface area contributed by atoms with Crippen molar-refractivity contribution in [2.75, 3.05) is 4.90 Å². The van der Waals surface area contributed by atoms with E-state index in [1.807, 2.05) is 18.2 Å². The summed E-state index contributed by atoms with van der Waals surface area (Å²) in [6.45, 7) is 4.69. The van der Waals surface area contributed by atoms with E-state index in [-0.39, 0.29) is 5.41 Å². The van der Waals surface area contributed by atoms with Gasteiger partial charge in [-0.25, -0.2) is 0 Å². The molecule has 3 aliphatic rings. The second-order valence-electron chi connectivity index (χ2n) is 13.7. The minimum Gasteiger partial charge on any atom is -0.453 e. The molecule has 0 fully saturated rings. The maximum Gasteiger partial charge on any atom is 0.155 e. The molecule has 1 aromatic heterocycles. The highest BCUT2D eigenvalue weighted by Gasteiger charge is 2.39. The van der Waals surface area contributed by atoms with Crippen molar-refractivity contribution in [1.82, 2.24) is 4.57 Å². The summed E-state index contributed by atoms with van der Waals surface area (Å²) in [5, 5.41) is 2.26. The fraction of sp³-hybridized carbons (Fsp3) is 0.0667. The number of nitrogens with zero attached hydrogens (tertiary/aromatic N) is 2. The molecule has 8 aromatic rings. The van der Waals surface area contributed by atoms with E-state index < -0.39 is 0 Å². The average molecular weight is 631 g/mol. The average Bonchev–Trinajstić information content (AvgIpc) is 3.62. The van der Waals surface area contributed by atoms with Crippen molar-refractivity contribution in [2.45, 2.75) is 19.3 Å². The molecule has 0 atom stereocenters. The maximum absolute atomic E-state index is 6.66. The van der Waals surface area contributed by atoms with Gasteiger partial charge in [-0.3, -0.25) is 4.57 Å². The molecule has 11 rings (SSSR count). The van der Waals surface area contributed by atoms with Crippen LogP contribution in [0.1, 0.15) is 25.0 Å². The highest BCUT2D eigenvalue weighted by molar-refractivity contribution is 6.21. The van der Waals surface area contributed by atoms with E-state index in [2.05, 4.69) is 151 Å². The summed E-state index contributed by atoms with van der Waals surface area (Å²) in [6.07, 6.45) is 0. The van der Waals surface area contributed by atoms with Gasteiger partial charge in [-0.1, -0.05) is 117 Å². The number of benzene rings is 7. The third kappa shape index (κ3) is 3.42. The summed E-state index contributed by atoms with van der Waals surface area (Å²) < 4.78 is 15.6. The molecular weight excluding hydrogens is 601 g/mol. The fourth-order valence-corrected chi connectivity index (χ4v) is 8.66. The zero-order valence-corrected chi connectivity index (χ0v) is 27.1. The van der Waals surface area contributed by atoms with E-state index in [1.165, 1.54) is 27.8 Å². The molecule has 0 spiro atoms. The molecule has 3 heterocycles. The molecule has 4 heteroatoms. The summed E-state index contributed by atoms with van der Waals surface area (Å²) in [5.74, 6) is 3.30. The number of rotatable bonds is 4. The van der Waals surface area contributed by atoms with Crippen molar-refractivity contribution in [3.63, 3.8) is 0 Å². The molecule has 4 nitrogen and oxygen atoms in total. The summed E-state index contributed by atoms with van der Waals surface area (Å²) in [5.41, 5.74) is 13.9. The first-order chi connectivity index (χ1) is 24.1. The zero-order valence-electron chi connectivity index (χ0n) is 27.1. The van der Waals surface area contributed by atoms with Gasteiger partial charge in [0.1, 0.15) is 5.69 Å². The number of ether oxygens (including phenoxy) is 2. The number of fused-ring (bicyclic) bond motifs is 4. The van der Waals surface area contributed by atoms with Crippen molar-refractivity contribution in [1.29, 1.82) is 0 Å². The molecule has 1 aliphatic carbocycles. The molecular formula is C45H30N2O2. The molecule has 0 bridgehead atoms. The van der Waals surface area contributed by atoms with Crippen LogP contribution in [0.25, 0.3) is 49.7 Å². The first-order valence-corrected chi connectivity index (χ1v) is 16.9. The molecule has 0 N–H and O–H groups in total. The topological polar surface area (TPSA) is 26.6 Å². The van der Waals surface area contributed by atoms with Crippen LogP contribution in [0.5, 0.6) is 23.0 Å². The Balaban J connectivity index is 1.30. The van der Waals surface area contributed by atoms with E-state index in [1.54, 1.807) is 0 Å². The van der Waals surface area contributed by atoms with E-state index in [0.717, 1.165) is 73.1 Å². The van der Waals surface area contributed by atoms with Gasteiger partial charge in [0.2, 0.25) is 0 Å². The summed E-state index contributed by atoms with van der Waals surface area (Å²) in [4.78, 5) is 2.50. The summed E-state index contributed by atoms with van der Waals surface area (Å²) >= 11 is 0. The van der Waals surface area contributed by atoms with Crippen LogP contribution in [0, 0.1) is 0 Å². The molecule has 0 amide bonds. The van der Waals surface area contributed by atoms with Gasteiger partial charge >= 0.3 is 0 Å². The van der Waals surface area contributed by atoms with Crippen LogP contribution in [-0.2, 0) is 5.41 Å². The van der Waals surface area contributed by atoms with E-state index in [0.29, 0.717) is 0 Å². The Morgan fingerprint density at radius 2 is 1.12 bits per heavy atom. The van der Waals surface area contributed by atoms with Crippen molar-refractivity contribution in [2.24, 2.45) is 0 Å². The van der Waals surface area contributed by atoms with Gasteiger partial charge in [-0.2, -0.15) is 0 Å². The van der Waals surface area contributed by atoms with Crippen LogP contribution < -0.4 is 14.4 Å². The van der Waals surface area contributed by atoms with Crippen LogP contribution in [0.3, 0.4) is 0 Å². The number of hydrogen-bond acceptors (Lipinski definition) is 3. The number of para-hydroxylation sites is 3. The monoisotopic (exact) mass is 630 g/mol. The van der Waals surface area contributed by atoms with Crippen LogP contribution in [0.2, 0.25) is 0 Å². The molecule has 2 aliphatic heterocycles. The Morgan fingerprint density at radius 1 is 0.490 bits per heavy atom. The molecule has 49 heavy (non-hydrogen) atoms. The minimum absolute atomic E-state index is 0.137. The maximum atomic E-state index is 6.66.